The highest BCUT2D eigenvalue weighted by atomic mass is 14.0. The van der Waals surface area contributed by atoms with Crippen molar-refractivity contribution < 1.29 is 0 Å². The maximum absolute atomic E-state index is 2.39. The second-order valence-corrected chi connectivity index (χ2v) is 4.81. The average molecular weight is 228 g/mol. The second kappa shape index (κ2) is 7.89. The van der Waals surface area contributed by atoms with Crippen LogP contribution >= 0.6 is 0 Å². The van der Waals surface area contributed by atoms with E-state index in [9.17, 15) is 0 Å². The van der Waals surface area contributed by atoms with Gasteiger partial charge in [-0.3, -0.25) is 0 Å². The molecular weight excluding hydrogens is 204 g/mol. The highest BCUT2D eigenvalue weighted by molar-refractivity contribution is 5.29. The van der Waals surface area contributed by atoms with Crippen LogP contribution in [0.5, 0.6) is 0 Å². The van der Waals surface area contributed by atoms with Gasteiger partial charge in [0.25, 0.3) is 0 Å². The lowest BCUT2D eigenvalue weighted by atomic mass is 10.0. The molecule has 0 aromatic heterocycles. The van der Waals surface area contributed by atoms with E-state index in [2.05, 4.69) is 63.3 Å². The minimum absolute atomic E-state index is 1.05. The lowest BCUT2D eigenvalue weighted by Gasteiger charge is -2.04. The Kier molecular flexibility index (Phi) is 6.39. The minimum Gasteiger partial charge on any atom is -0.0810 e. The van der Waals surface area contributed by atoms with Gasteiger partial charge in [0.1, 0.15) is 0 Å². The molecule has 0 atom stereocenters. The molecule has 0 spiro atoms. The molecule has 1 rings (SSSR count). The lowest BCUT2D eigenvalue weighted by molar-refractivity contribution is 0.810. The largest absolute Gasteiger partial charge is 0.0810 e. The molecule has 0 nitrogen and oxygen atoms in total. The van der Waals surface area contributed by atoms with Gasteiger partial charge in [-0.2, -0.15) is 0 Å². The molecule has 0 heteroatoms. The average Bonchev–Trinajstić information content (AvgIpc) is 2.30. The molecular formula is C17H24. The van der Waals surface area contributed by atoms with Crippen LogP contribution in [0.25, 0.3) is 0 Å². The third-order valence-electron chi connectivity index (χ3n) is 2.69. The maximum Gasteiger partial charge on any atom is -0.00290 e. The molecule has 0 saturated carbocycles. The molecule has 17 heavy (non-hydrogen) atoms. The van der Waals surface area contributed by atoms with Crippen molar-refractivity contribution in [3.8, 4) is 0 Å². The van der Waals surface area contributed by atoms with Crippen LogP contribution in [0.3, 0.4) is 0 Å². The fourth-order valence-electron chi connectivity index (χ4n) is 1.88. The van der Waals surface area contributed by atoms with E-state index in [1.807, 2.05) is 0 Å². The number of unbranched alkanes of at least 4 members (excludes halogenated alkanes) is 2. The Bertz CT molecular complexity index is 364. The predicted octanol–water partition coefficient (Wildman–Crippen LogP) is 5.31. The van der Waals surface area contributed by atoms with Crippen molar-refractivity contribution in [2.24, 2.45) is 0 Å². The van der Waals surface area contributed by atoms with E-state index < -0.39 is 0 Å². The molecule has 0 N–H and O–H groups in total. The second-order valence-electron chi connectivity index (χ2n) is 4.81. The summed E-state index contributed by atoms with van der Waals surface area (Å²) in [6.07, 6.45) is 9.50. The van der Waals surface area contributed by atoms with E-state index in [1.54, 1.807) is 0 Å². The minimum atomic E-state index is 1.05. The lowest BCUT2D eigenvalue weighted by Crippen LogP contribution is -1.89. The van der Waals surface area contributed by atoms with Crippen LogP contribution in [0.1, 0.15) is 45.6 Å². The number of rotatable bonds is 6. The molecule has 0 fully saturated rings. The van der Waals surface area contributed by atoms with Gasteiger partial charge in [-0.25, -0.2) is 0 Å². The fourth-order valence-corrected chi connectivity index (χ4v) is 1.88. The summed E-state index contributed by atoms with van der Waals surface area (Å²) >= 11 is 0. The summed E-state index contributed by atoms with van der Waals surface area (Å²) in [7, 11) is 0. The smallest absolute Gasteiger partial charge is 0.00290 e. The Hall–Kier alpha value is -1.30. The van der Waals surface area contributed by atoms with Gasteiger partial charge in [0.05, 0.1) is 0 Å². The number of benzene rings is 1. The first-order valence-electron chi connectivity index (χ1n) is 6.60. The van der Waals surface area contributed by atoms with Gasteiger partial charge in [-0.15, -0.1) is 0 Å². The normalized spacial score (nSPS) is 11.4. The summed E-state index contributed by atoms with van der Waals surface area (Å²) in [5, 5.41) is 0. The fraction of sp³-hybridized carbons (Fsp3) is 0.412. The Labute approximate surface area is 106 Å². The first kappa shape index (κ1) is 13.8. The first-order chi connectivity index (χ1) is 8.22. The third kappa shape index (κ3) is 6.11. The summed E-state index contributed by atoms with van der Waals surface area (Å²) in [5.74, 6) is 0. The van der Waals surface area contributed by atoms with Crippen molar-refractivity contribution >= 4 is 0 Å². The molecule has 0 saturated heterocycles. The van der Waals surface area contributed by atoms with E-state index in [4.69, 9.17) is 0 Å². The van der Waals surface area contributed by atoms with Gasteiger partial charge in [0, 0.05) is 0 Å². The number of hydrogen-bond acceptors (Lipinski definition) is 0. The zero-order valence-corrected chi connectivity index (χ0v) is 11.4. The van der Waals surface area contributed by atoms with Crippen molar-refractivity contribution in [1.82, 2.24) is 0 Å². The molecule has 0 heterocycles. The van der Waals surface area contributed by atoms with Crippen LogP contribution in [0.4, 0.5) is 0 Å². The van der Waals surface area contributed by atoms with Crippen LogP contribution in [-0.4, -0.2) is 0 Å². The van der Waals surface area contributed by atoms with Crippen LogP contribution in [0.15, 0.2) is 53.6 Å². The Balaban J connectivity index is 2.70. The molecule has 1 aromatic carbocycles. The predicted molar refractivity (Wildman–Crippen MR) is 77.2 cm³/mol. The molecule has 0 amide bonds. The van der Waals surface area contributed by atoms with Crippen molar-refractivity contribution in [3.05, 3.63) is 59.2 Å². The van der Waals surface area contributed by atoms with Gasteiger partial charge >= 0.3 is 0 Å². The van der Waals surface area contributed by atoms with Gasteiger partial charge in [0.2, 0.25) is 0 Å². The standard InChI is InChI=1S/C17H24/c1-4-5-7-12-17(13-15(2)3)14-16-10-8-6-9-11-16/h6,8-13H,4-5,7,14H2,1-3H3/b17-12+. The van der Waals surface area contributed by atoms with Crippen LogP contribution < -0.4 is 0 Å². The monoisotopic (exact) mass is 228 g/mol. The molecule has 92 valence electrons. The zero-order valence-electron chi connectivity index (χ0n) is 11.4. The van der Waals surface area contributed by atoms with E-state index >= 15 is 0 Å². The molecule has 1 aromatic rings. The number of allylic oxidation sites excluding steroid dienone is 4. The highest BCUT2D eigenvalue weighted by Gasteiger charge is 1.96. The van der Waals surface area contributed by atoms with E-state index in [1.165, 1.54) is 36.0 Å². The maximum atomic E-state index is 2.39. The van der Waals surface area contributed by atoms with Crippen molar-refractivity contribution in [2.45, 2.75) is 46.5 Å². The number of hydrogen-bond donors (Lipinski definition) is 0. The molecule has 0 radical (unpaired) electrons. The van der Waals surface area contributed by atoms with Crippen LogP contribution in [-0.2, 0) is 6.42 Å². The summed E-state index contributed by atoms with van der Waals surface area (Å²) in [5.41, 5.74) is 4.22. The quantitative estimate of drug-likeness (QED) is 0.457. The third-order valence-corrected chi connectivity index (χ3v) is 2.69. The van der Waals surface area contributed by atoms with Gasteiger partial charge < -0.3 is 0 Å². The van der Waals surface area contributed by atoms with E-state index in [0.29, 0.717) is 0 Å². The Morgan fingerprint density at radius 3 is 2.41 bits per heavy atom. The summed E-state index contributed by atoms with van der Waals surface area (Å²) in [4.78, 5) is 0. The van der Waals surface area contributed by atoms with Gasteiger partial charge in [0.15, 0.2) is 0 Å². The van der Waals surface area contributed by atoms with Gasteiger partial charge in [-0.05, 0) is 37.8 Å². The summed E-state index contributed by atoms with van der Waals surface area (Å²) < 4.78 is 0. The molecule has 0 aliphatic carbocycles. The molecule has 0 aliphatic rings. The van der Waals surface area contributed by atoms with E-state index in [-0.39, 0.29) is 0 Å². The zero-order chi connectivity index (χ0) is 12.5. The topological polar surface area (TPSA) is 0 Å². The van der Waals surface area contributed by atoms with Crippen LogP contribution in [0.2, 0.25) is 0 Å². The van der Waals surface area contributed by atoms with Crippen molar-refractivity contribution in [3.63, 3.8) is 0 Å². The SMILES string of the molecule is CCCC/C=C(\C=C(C)C)Cc1ccccc1. The van der Waals surface area contributed by atoms with Crippen molar-refractivity contribution in [1.29, 1.82) is 0 Å². The first-order valence-corrected chi connectivity index (χ1v) is 6.60. The van der Waals surface area contributed by atoms with Gasteiger partial charge in [-0.1, -0.05) is 67.8 Å². The molecule has 0 bridgehead atoms. The van der Waals surface area contributed by atoms with Crippen LogP contribution in [0, 0.1) is 0 Å². The summed E-state index contributed by atoms with van der Waals surface area (Å²) in [6.45, 7) is 6.57. The van der Waals surface area contributed by atoms with E-state index in [0.717, 1.165) is 6.42 Å². The Morgan fingerprint density at radius 2 is 1.82 bits per heavy atom. The summed E-state index contributed by atoms with van der Waals surface area (Å²) in [6, 6.07) is 10.7. The Morgan fingerprint density at radius 1 is 1.12 bits per heavy atom. The molecule has 0 unspecified atom stereocenters. The van der Waals surface area contributed by atoms with Crippen molar-refractivity contribution in [2.75, 3.05) is 0 Å². The highest BCUT2D eigenvalue weighted by Crippen LogP contribution is 2.13. The molecule has 0 aliphatic heterocycles.